The minimum atomic E-state index is -4.47. The number of nitrogens with one attached hydrogen (secondary N) is 1. The summed E-state index contributed by atoms with van der Waals surface area (Å²) in [5.74, 6) is -0.625. The molecule has 0 aliphatic rings. The van der Waals surface area contributed by atoms with E-state index in [1.807, 2.05) is 45.4 Å². The zero-order chi connectivity index (χ0) is 50.1. The molecule has 3 atom stereocenters. The number of hydrogen-bond acceptors (Lipinski definition) is 6. The Bertz CT molecular complexity index is 1440. The summed E-state index contributed by atoms with van der Waals surface area (Å²) in [4.78, 5) is 37.4. The monoisotopic (exact) mass is 972 g/mol. The topological polar surface area (TPSA) is 111 Å². The summed E-state index contributed by atoms with van der Waals surface area (Å²) in [6, 6.07) is -0.896. The van der Waals surface area contributed by atoms with E-state index in [0.29, 0.717) is 23.9 Å². The number of phosphoric acid groups is 1. The van der Waals surface area contributed by atoms with Crippen molar-refractivity contribution in [1.82, 2.24) is 5.32 Å². The second kappa shape index (κ2) is 47.8. The van der Waals surface area contributed by atoms with Crippen LogP contribution in [0.3, 0.4) is 0 Å². The van der Waals surface area contributed by atoms with Crippen molar-refractivity contribution in [3.05, 3.63) is 85.1 Å². The first-order chi connectivity index (χ1) is 32.9. The minimum Gasteiger partial charge on any atom is -0.456 e. The second-order valence-corrected chi connectivity index (χ2v) is 20.8. The van der Waals surface area contributed by atoms with Crippen molar-refractivity contribution in [1.29, 1.82) is 0 Å². The first-order valence-corrected chi connectivity index (χ1v) is 28.9. The Hall–Kier alpha value is -2.81. The normalized spacial score (nSPS) is 14.5. The Morgan fingerprint density at radius 1 is 0.529 bits per heavy atom. The van der Waals surface area contributed by atoms with Gasteiger partial charge in [0.05, 0.1) is 33.8 Å². The lowest BCUT2D eigenvalue weighted by Gasteiger charge is -2.27. The summed E-state index contributed by atoms with van der Waals surface area (Å²) in [7, 11) is 1.43. The Kier molecular flexibility index (Phi) is 45.9. The summed E-state index contributed by atoms with van der Waals surface area (Å²) >= 11 is 0. The van der Waals surface area contributed by atoms with Gasteiger partial charge in [-0.25, -0.2) is 4.57 Å². The third kappa shape index (κ3) is 48.2. The first-order valence-electron chi connectivity index (χ1n) is 27.4. The fraction of sp³-hybridized carbons (Fsp3) is 0.724. The van der Waals surface area contributed by atoms with Crippen molar-refractivity contribution in [2.75, 3.05) is 40.9 Å². The van der Waals surface area contributed by atoms with Gasteiger partial charge in [-0.15, -0.1) is 0 Å². The largest absolute Gasteiger partial charge is 0.472 e. The molecule has 0 aliphatic heterocycles. The predicted molar refractivity (Wildman–Crippen MR) is 291 cm³/mol. The van der Waals surface area contributed by atoms with Crippen LogP contribution in [0.1, 0.15) is 220 Å². The minimum absolute atomic E-state index is 0.0216. The highest BCUT2D eigenvalue weighted by molar-refractivity contribution is 7.47. The number of rotatable bonds is 48. The molecule has 0 rings (SSSR count). The number of nitrogens with zero attached hydrogens (tertiary/aromatic N) is 1. The Labute approximate surface area is 418 Å². The fourth-order valence-corrected chi connectivity index (χ4v) is 8.07. The predicted octanol–water partition coefficient (Wildman–Crippen LogP) is 16.3. The van der Waals surface area contributed by atoms with Crippen molar-refractivity contribution in [2.24, 2.45) is 0 Å². The summed E-state index contributed by atoms with van der Waals surface area (Å²) in [6.07, 6.45) is 61.7. The van der Waals surface area contributed by atoms with E-state index in [2.05, 4.69) is 86.8 Å². The molecule has 2 N–H and O–H groups in total. The number of ether oxygens (including phenoxy) is 1. The van der Waals surface area contributed by atoms with Crippen LogP contribution in [0.15, 0.2) is 85.1 Å². The summed E-state index contributed by atoms with van der Waals surface area (Å²) in [5, 5.41) is 2.99. The summed E-state index contributed by atoms with van der Waals surface area (Å²) in [5.41, 5.74) is 0. The Morgan fingerprint density at radius 3 is 1.44 bits per heavy atom. The number of phosphoric ester groups is 1. The van der Waals surface area contributed by atoms with Gasteiger partial charge in [0.15, 0.2) is 0 Å². The highest BCUT2D eigenvalue weighted by Crippen LogP contribution is 2.43. The SMILES string of the molecule is CC/C=C/C/C=C/C/C=C/C/C=C/C/C=C/CCC(=O)NC(COP(=O)(O)OCC[N+](C)(C)C)C(/C=C/CCCCCCCCCCCCC)OC(=O)CCCCC/C=C\CCCCCCCC. The van der Waals surface area contributed by atoms with Crippen LogP contribution in [0.5, 0.6) is 0 Å². The number of esters is 1. The van der Waals surface area contributed by atoms with Gasteiger partial charge < -0.3 is 19.4 Å². The van der Waals surface area contributed by atoms with E-state index in [1.165, 1.54) is 96.3 Å². The van der Waals surface area contributed by atoms with Gasteiger partial charge in [0.2, 0.25) is 5.91 Å². The van der Waals surface area contributed by atoms with E-state index < -0.39 is 20.0 Å². The quantitative estimate of drug-likeness (QED) is 0.0205. The number of hydrogen-bond donors (Lipinski definition) is 2. The zero-order valence-corrected chi connectivity index (χ0v) is 45.5. The third-order valence-electron chi connectivity index (χ3n) is 11.6. The molecule has 0 aromatic heterocycles. The molecule has 0 aliphatic carbocycles. The molecule has 0 aromatic rings. The lowest BCUT2D eigenvalue weighted by molar-refractivity contribution is -0.870. The molecular formula is C58H104N2O7P+. The van der Waals surface area contributed by atoms with Crippen LogP contribution in [0, 0.1) is 0 Å². The molecule has 0 radical (unpaired) electrons. The van der Waals surface area contributed by atoms with E-state index in [1.54, 1.807) is 0 Å². The summed E-state index contributed by atoms with van der Waals surface area (Å²) < 4.78 is 30.5. The molecule has 0 saturated heterocycles. The van der Waals surface area contributed by atoms with Gasteiger partial charge >= 0.3 is 13.8 Å². The molecule has 68 heavy (non-hydrogen) atoms. The molecule has 0 heterocycles. The molecule has 1 amide bonds. The van der Waals surface area contributed by atoms with Crippen LogP contribution in [0.2, 0.25) is 0 Å². The molecule has 0 aromatic carbocycles. The maximum Gasteiger partial charge on any atom is 0.472 e. The van der Waals surface area contributed by atoms with Crippen LogP contribution >= 0.6 is 7.82 Å². The smallest absolute Gasteiger partial charge is 0.456 e. The molecule has 9 nitrogen and oxygen atoms in total. The van der Waals surface area contributed by atoms with Gasteiger partial charge in [0, 0.05) is 12.8 Å². The van der Waals surface area contributed by atoms with Crippen LogP contribution in [-0.2, 0) is 27.9 Å². The van der Waals surface area contributed by atoms with E-state index >= 15 is 0 Å². The lowest BCUT2D eigenvalue weighted by atomic mass is 10.0. The number of carbonyl (C=O) groups is 2. The number of amides is 1. The molecule has 10 heteroatoms. The zero-order valence-electron chi connectivity index (χ0n) is 44.6. The average Bonchev–Trinajstić information content (AvgIpc) is 3.29. The van der Waals surface area contributed by atoms with Crippen molar-refractivity contribution in [2.45, 2.75) is 232 Å². The number of carbonyl (C=O) groups excluding carboxylic acids is 2. The Balaban J connectivity index is 5.56. The van der Waals surface area contributed by atoms with E-state index in [0.717, 1.165) is 77.0 Å². The molecule has 392 valence electrons. The number of likely N-dealkylation sites (N-methyl/N-ethyl adjacent to an activating group) is 1. The van der Waals surface area contributed by atoms with Crippen LogP contribution < -0.4 is 5.32 Å². The van der Waals surface area contributed by atoms with E-state index in [4.69, 9.17) is 13.8 Å². The van der Waals surface area contributed by atoms with Gasteiger partial charge in [-0.05, 0) is 89.5 Å². The number of unbranched alkanes of at least 4 members (excludes halogenated alkanes) is 20. The first kappa shape index (κ1) is 65.2. The molecule has 3 unspecified atom stereocenters. The highest BCUT2D eigenvalue weighted by atomic mass is 31.2. The van der Waals surface area contributed by atoms with Crippen LogP contribution in [-0.4, -0.2) is 74.3 Å². The van der Waals surface area contributed by atoms with Crippen LogP contribution in [0.25, 0.3) is 0 Å². The average molecular weight is 972 g/mol. The van der Waals surface area contributed by atoms with Crippen molar-refractivity contribution in [3.63, 3.8) is 0 Å². The van der Waals surface area contributed by atoms with Gasteiger partial charge in [0.1, 0.15) is 19.3 Å². The second-order valence-electron chi connectivity index (χ2n) is 19.4. The number of quaternary nitrogens is 1. The standard InChI is InChI=1S/C58H103N2O7P/c1-7-10-13-16-19-22-25-28-29-30-33-35-38-41-44-47-50-57(61)59-55(54-66-68(63,64)65-53-52-60(4,5)6)56(49-46-43-40-37-34-31-26-23-20-17-14-11-8-2)67-58(62)51-48-45-42-39-36-32-27-24-21-18-15-12-9-3/h10,13,19,22,28-29,32-33,35-36,41,44,46,49,55-56H,7-9,11-12,14-18,20-21,23-27,30-31,34,37-40,42-43,45,47-48,50-54H2,1-6H3,(H-,59,61,63,64)/p+1/b13-10+,22-19+,29-28+,35-33+,36-32-,44-41+,49-46+. The van der Waals surface area contributed by atoms with E-state index in [-0.39, 0.29) is 37.9 Å². The Morgan fingerprint density at radius 2 is 0.956 bits per heavy atom. The molecule has 0 spiro atoms. The van der Waals surface area contributed by atoms with Gasteiger partial charge in [0.25, 0.3) is 0 Å². The maximum absolute atomic E-state index is 13.4. The molecule has 0 bridgehead atoms. The molecule has 0 saturated carbocycles. The van der Waals surface area contributed by atoms with Crippen molar-refractivity contribution >= 4 is 19.7 Å². The van der Waals surface area contributed by atoms with Gasteiger partial charge in [-0.1, -0.05) is 202 Å². The lowest BCUT2D eigenvalue weighted by Crippen LogP contribution is -2.47. The van der Waals surface area contributed by atoms with Crippen molar-refractivity contribution < 1.29 is 37.3 Å². The van der Waals surface area contributed by atoms with Crippen molar-refractivity contribution in [3.8, 4) is 0 Å². The van der Waals surface area contributed by atoms with Crippen LogP contribution in [0.4, 0.5) is 0 Å². The van der Waals surface area contributed by atoms with Gasteiger partial charge in [-0.2, -0.15) is 0 Å². The molecular weight excluding hydrogens is 868 g/mol. The van der Waals surface area contributed by atoms with E-state index in [9.17, 15) is 19.0 Å². The third-order valence-corrected chi connectivity index (χ3v) is 12.6. The fourth-order valence-electron chi connectivity index (χ4n) is 7.33. The number of allylic oxidation sites excluding steroid dienone is 13. The highest BCUT2D eigenvalue weighted by Gasteiger charge is 2.30. The molecule has 0 fully saturated rings. The van der Waals surface area contributed by atoms with Gasteiger partial charge in [-0.3, -0.25) is 18.6 Å². The maximum atomic E-state index is 13.4. The summed E-state index contributed by atoms with van der Waals surface area (Å²) in [6.45, 7) is 6.80.